The molecule has 0 heterocycles. The van der Waals surface area contributed by atoms with E-state index in [2.05, 4.69) is 30.7 Å². The lowest BCUT2D eigenvalue weighted by atomic mass is 9.87. The van der Waals surface area contributed by atoms with Gasteiger partial charge in [0.1, 0.15) is 0 Å². The Hall–Kier alpha value is -0.160. The third-order valence-electron chi connectivity index (χ3n) is 6.22. The van der Waals surface area contributed by atoms with E-state index >= 15 is 0 Å². The van der Waals surface area contributed by atoms with E-state index in [1.54, 1.807) is 7.11 Å². The molecular formula is C20H40N2O2. The van der Waals surface area contributed by atoms with Gasteiger partial charge in [0.15, 0.2) is 0 Å². The first kappa shape index (κ1) is 20.2. The molecule has 0 atom stereocenters. The summed E-state index contributed by atoms with van der Waals surface area (Å²) in [6, 6.07) is 1.40. The van der Waals surface area contributed by atoms with Crippen LogP contribution in [0, 0.1) is 11.8 Å². The molecular weight excluding hydrogens is 300 g/mol. The summed E-state index contributed by atoms with van der Waals surface area (Å²) >= 11 is 0. The molecule has 4 nitrogen and oxygen atoms in total. The summed E-state index contributed by atoms with van der Waals surface area (Å²) in [4.78, 5) is 4.89. The average molecular weight is 341 g/mol. The van der Waals surface area contributed by atoms with Gasteiger partial charge in [0.2, 0.25) is 0 Å². The van der Waals surface area contributed by atoms with Crippen molar-refractivity contribution in [2.75, 3.05) is 40.8 Å². The van der Waals surface area contributed by atoms with Crippen LogP contribution in [0.25, 0.3) is 0 Å². The molecule has 2 fully saturated rings. The van der Waals surface area contributed by atoms with E-state index in [1.807, 2.05) is 0 Å². The Morgan fingerprint density at radius 1 is 0.792 bits per heavy atom. The standard InChI is InChI=1S/C20H40N2O2/c1-17-5-9-19(10-6-17)21(3)15-24-14-13-22(16-23-4)20-11-7-18(2)8-12-20/h17-20H,5-16H2,1-4H3/t17-,18-,19-,20+. The summed E-state index contributed by atoms with van der Waals surface area (Å²) in [6.07, 6.45) is 10.7. The van der Waals surface area contributed by atoms with Gasteiger partial charge in [-0.3, -0.25) is 9.80 Å². The Morgan fingerprint density at radius 3 is 1.88 bits per heavy atom. The molecule has 142 valence electrons. The van der Waals surface area contributed by atoms with Gasteiger partial charge in [0.05, 0.1) is 20.1 Å². The molecule has 2 rings (SSSR count). The highest BCUT2D eigenvalue weighted by Crippen LogP contribution is 2.27. The van der Waals surface area contributed by atoms with Gasteiger partial charge in [-0.25, -0.2) is 0 Å². The molecule has 0 aromatic carbocycles. The zero-order chi connectivity index (χ0) is 17.4. The SMILES string of the molecule is COCN(CCOCN(C)[C@H]1CC[C@H](C)CC1)[C@H]1CC[C@@H](C)CC1. The van der Waals surface area contributed by atoms with Crippen LogP contribution in [0.3, 0.4) is 0 Å². The predicted octanol–water partition coefficient (Wildman–Crippen LogP) is 3.96. The molecule has 0 aromatic heterocycles. The summed E-state index contributed by atoms with van der Waals surface area (Å²) in [6.45, 7) is 8.05. The Kier molecular flexibility index (Phi) is 9.02. The van der Waals surface area contributed by atoms with E-state index in [0.717, 1.165) is 44.5 Å². The molecule has 0 spiro atoms. The highest BCUT2D eigenvalue weighted by atomic mass is 16.5. The Labute approximate surface area is 149 Å². The molecule has 2 saturated carbocycles. The average Bonchev–Trinajstić information content (AvgIpc) is 2.59. The lowest BCUT2D eigenvalue weighted by molar-refractivity contribution is -0.0301. The molecule has 0 N–H and O–H groups in total. The minimum absolute atomic E-state index is 0.683. The highest BCUT2D eigenvalue weighted by Gasteiger charge is 2.24. The van der Waals surface area contributed by atoms with Gasteiger partial charge in [-0.2, -0.15) is 0 Å². The lowest BCUT2D eigenvalue weighted by Gasteiger charge is -2.36. The van der Waals surface area contributed by atoms with Crippen molar-refractivity contribution in [3.8, 4) is 0 Å². The van der Waals surface area contributed by atoms with Crippen LogP contribution < -0.4 is 0 Å². The molecule has 0 unspecified atom stereocenters. The predicted molar refractivity (Wildman–Crippen MR) is 100 cm³/mol. The Balaban J connectivity index is 1.63. The second kappa shape index (κ2) is 10.7. The number of ether oxygens (including phenoxy) is 2. The van der Waals surface area contributed by atoms with Crippen LogP contribution in [0.2, 0.25) is 0 Å². The third kappa shape index (κ3) is 6.62. The van der Waals surface area contributed by atoms with Crippen LogP contribution in [-0.2, 0) is 9.47 Å². The quantitative estimate of drug-likeness (QED) is 0.468. The van der Waals surface area contributed by atoms with Crippen LogP contribution in [0.5, 0.6) is 0 Å². The van der Waals surface area contributed by atoms with Crippen molar-refractivity contribution in [2.45, 2.75) is 77.3 Å². The topological polar surface area (TPSA) is 24.9 Å². The molecule has 0 radical (unpaired) electrons. The third-order valence-corrected chi connectivity index (χ3v) is 6.22. The molecule has 24 heavy (non-hydrogen) atoms. The molecule has 2 aliphatic rings. The molecule has 0 aromatic rings. The van der Waals surface area contributed by atoms with Gasteiger partial charge < -0.3 is 9.47 Å². The second-order valence-corrected chi connectivity index (χ2v) is 8.35. The summed E-state index contributed by atoms with van der Waals surface area (Å²) < 4.78 is 11.4. The molecule has 0 bridgehead atoms. The lowest BCUT2D eigenvalue weighted by Crippen LogP contribution is -2.42. The molecule has 0 aliphatic heterocycles. The Morgan fingerprint density at radius 2 is 1.33 bits per heavy atom. The van der Waals surface area contributed by atoms with Crippen molar-refractivity contribution in [3.05, 3.63) is 0 Å². The zero-order valence-electron chi connectivity index (χ0n) is 16.5. The van der Waals surface area contributed by atoms with Crippen molar-refractivity contribution in [2.24, 2.45) is 11.8 Å². The van der Waals surface area contributed by atoms with Crippen LogP contribution in [0.15, 0.2) is 0 Å². The Bertz CT molecular complexity index is 324. The largest absolute Gasteiger partial charge is 0.369 e. The van der Waals surface area contributed by atoms with Crippen molar-refractivity contribution >= 4 is 0 Å². The summed E-state index contributed by atoms with van der Waals surface area (Å²) in [5.74, 6) is 1.81. The van der Waals surface area contributed by atoms with Gasteiger partial charge in [-0.15, -0.1) is 0 Å². The zero-order valence-corrected chi connectivity index (χ0v) is 16.5. The number of hydrogen-bond acceptors (Lipinski definition) is 4. The van der Waals surface area contributed by atoms with Crippen molar-refractivity contribution in [1.82, 2.24) is 9.80 Å². The van der Waals surface area contributed by atoms with Crippen LogP contribution in [0.4, 0.5) is 0 Å². The second-order valence-electron chi connectivity index (χ2n) is 8.35. The van der Waals surface area contributed by atoms with Gasteiger partial charge >= 0.3 is 0 Å². The van der Waals surface area contributed by atoms with E-state index in [-0.39, 0.29) is 0 Å². The maximum absolute atomic E-state index is 5.99. The van der Waals surface area contributed by atoms with Crippen molar-refractivity contribution < 1.29 is 9.47 Å². The fraction of sp³-hybridized carbons (Fsp3) is 1.00. The summed E-state index contributed by atoms with van der Waals surface area (Å²) in [7, 11) is 4.02. The molecule has 0 saturated heterocycles. The molecule has 2 aliphatic carbocycles. The van der Waals surface area contributed by atoms with Crippen molar-refractivity contribution in [3.63, 3.8) is 0 Å². The van der Waals surface area contributed by atoms with E-state index in [9.17, 15) is 0 Å². The van der Waals surface area contributed by atoms with E-state index in [0.29, 0.717) is 6.04 Å². The minimum atomic E-state index is 0.683. The molecule has 0 amide bonds. The monoisotopic (exact) mass is 340 g/mol. The smallest absolute Gasteiger partial charge is 0.0990 e. The number of nitrogens with zero attached hydrogens (tertiary/aromatic N) is 2. The van der Waals surface area contributed by atoms with Crippen LogP contribution >= 0.6 is 0 Å². The normalized spacial score (nSPS) is 31.8. The van der Waals surface area contributed by atoms with Crippen LogP contribution in [0.1, 0.15) is 65.2 Å². The maximum Gasteiger partial charge on any atom is 0.0990 e. The summed E-state index contributed by atoms with van der Waals surface area (Å²) in [5, 5.41) is 0. The van der Waals surface area contributed by atoms with Crippen LogP contribution in [-0.4, -0.2) is 62.7 Å². The molecule has 4 heteroatoms. The fourth-order valence-corrected chi connectivity index (χ4v) is 4.31. The van der Waals surface area contributed by atoms with Gasteiger partial charge in [0.25, 0.3) is 0 Å². The number of methoxy groups -OCH3 is 1. The van der Waals surface area contributed by atoms with E-state index in [4.69, 9.17) is 9.47 Å². The summed E-state index contributed by atoms with van der Waals surface area (Å²) in [5.41, 5.74) is 0. The van der Waals surface area contributed by atoms with Gasteiger partial charge in [0, 0.05) is 25.7 Å². The van der Waals surface area contributed by atoms with E-state index in [1.165, 1.54) is 51.4 Å². The van der Waals surface area contributed by atoms with Gasteiger partial charge in [-0.05, 0) is 70.3 Å². The first-order valence-electron chi connectivity index (χ1n) is 10.1. The minimum Gasteiger partial charge on any atom is -0.369 e. The van der Waals surface area contributed by atoms with Crippen molar-refractivity contribution in [1.29, 1.82) is 0 Å². The highest BCUT2D eigenvalue weighted by molar-refractivity contribution is 4.77. The number of rotatable bonds is 9. The van der Waals surface area contributed by atoms with E-state index < -0.39 is 0 Å². The van der Waals surface area contributed by atoms with Gasteiger partial charge in [-0.1, -0.05) is 13.8 Å². The first-order chi connectivity index (χ1) is 11.6. The fourth-order valence-electron chi connectivity index (χ4n) is 4.31. The first-order valence-corrected chi connectivity index (χ1v) is 10.1. The maximum atomic E-state index is 5.99. The number of hydrogen-bond donors (Lipinski definition) is 0.